The lowest BCUT2D eigenvalue weighted by molar-refractivity contribution is 0.495. The summed E-state index contributed by atoms with van der Waals surface area (Å²) in [4.78, 5) is 14.7. The van der Waals surface area contributed by atoms with Crippen LogP contribution in [0.1, 0.15) is 42.1 Å². The molecular weight excluding hydrogens is 330 g/mol. The minimum Gasteiger partial charge on any atom is -0.440 e. The number of aryl methyl sites for hydroxylation is 1. The summed E-state index contributed by atoms with van der Waals surface area (Å²) < 4.78 is 6.13. The minimum absolute atomic E-state index is 0.0656. The van der Waals surface area contributed by atoms with Crippen molar-refractivity contribution in [3.05, 3.63) is 39.5 Å². The van der Waals surface area contributed by atoms with Crippen molar-refractivity contribution in [3.63, 3.8) is 0 Å². The SMILES string of the molecule is Cc1cc(C(C)Br)c2oc(N3CCCCC3)ccc-2c1=O. The second kappa shape index (κ2) is 5.84. The van der Waals surface area contributed by atoms with Crippen molar-refractivity contribution < 1.29 is 4.42 Å². The second-order valence-electron chi connectivity index (χ2n) is 5.79. The van der Waals surface area contributed by atoms with Crippen LogP contribution in [0.5, 0.6) is 0 Å². The van der Waals surface area contributed by atoms with E-state index in [9.17, 15) is 4.79 Å². The Morgan fingerprint density at radius 3 is 2.62 bits per heavy atom. The van der Waals surface area contributed by atoms with Gasteiger partial charge in [-0.05, 0) is 56.9 Å². The molecule has 4 heteroatoms. The number of halogens is 1. The summed E-state index contributed by atoms with van der Waals surface area (Å²) >= 11 is 3.61. The first kappa shape index (κ1) is 14.6. The van der Waals surface area contributed by atoms with Crippen LogP contribution in [-0.4, -0.2) is 13.1 Å². The van der Waals surface area contributed by atoms with Gasteiger partial charge >= 0.3 is 0 Å². The maximum atomic E-state index is 12.3. The quantitative estimate of drug-likeness (QED) is 0.748. The molecule has 2 heterocycles. The molecule has 0 amide bonds. The normalized spacial score (nSPS) is 17.2. The number of fused-ring (bicyclic) bond motifs is 1. The van der Waals surface area contributed by atoms with Gasteiger partial charge in [-0.1, -0.05) is 15.9 Å². The van der Waals surface area contributed by atoms with Crippen LogP contribution in [0.2, 0.25) is 0 Å². The molecule has 1 saturated heterocycles. The van der Waals surface area contributed by atoms with Crippen LogP contribution in [0.3, 0.4) is 0 Å². The average Bonchev–Trinajstić information content (AvgIpc) is 2.51. The van der Waals surface area contributed by atoms with Gasteiger partial charge in [-0.15, -0.1) is 0 Å². The predicted molar refractivity (Wildman–Crippen MR) is 89.7 cm³/mol. The van der Waals surface area contributed by atoms with Crippen molar-refractivity contribution in [1.29, 1.82) is 0 Å². The Morgan fingerprint density at radius 1 is 1.24 bits per heavy atom. The van der Waals surface area contributed by atoms with E-state index in [4.69, 9.17) is 4.42 Å². The fraction of sp³-hybridized carbons (Fsp3) is 0.471. The first-order chi connectivity index (χ1) is 10.1. The van der Waals surface area contributed by atoms with E-state index in [0.717, 1.165) is 35.9 Å². The summed E-state index contributed by atoms with van der Waals surface area (Å²) in [6.45, 7) is 5.98. The molecule has 0 aromatic carbocycles. The number of hydrogen-bond donors (Lipinski definition) is 0. The number of piperidine rings is 1. The van der Waals surface area contributed by atoms with Crippen molar-refractivity contribution in [2.45, 2.75) is 37.9 Å². The molecule has 21 heavy (non-hydrogen) atoms. The highest BCUT2D eigenvalue weighted by molar-refractivity contribution is 9.09. The Hall–Kier alpha value is -1.29. The maximum absolute atomic E-state index is 12.3. The number of benzene rings is 1. The van der Waals surface area contributed by atoms with E-state index in [1.54, 1.807) is 0 Å². The molecule has 2 aliphatic heterocycles. The van der Waals surface area contributed by atoms with Crippen LogP contribution in [0.25, 0.3) is 11.3 Å². The number of alkyl halides is 1. The van der Waals surface area contributed by atoms with Crippen LogP contribution in [0, 0.1) is 6.92 Å². The molecular formula is C17H20BrNO2. The van der Waals surface area contributed by atoms with Gasteiger partial charge < -0.3 is 9.32 Å². The lowest BCUT2D eigenvalue weighted by Gasteiger charge is -2.28. The van der Waals surface area contributed by atoms with Gasteiger partial charge in [0, 0.05) is 23.5 Å². The van der Waals surface area contributed by atoms with Gasteiger partial charge in [-0.2, -0.15) is 0 Å². The molecule has 0 radical (unpaired) electrons. The zero-order chi connectivity index (χ0) is 15.0. The molecule has 3 nitrogen and oxygen atoms in total. The molecule has 1 atom stereocenters. The molecule has 3 aliphatic rings. The molecule has 0 N–H and O–H groups in total. The zero-order valence-electron chi connectivity index (χ0n) is 12.5. The molecule has 3 rings (SSSR count). The van der Waals surface area contributed by atoms with E-state index in [-0.39, 0.29) is 10.3 Å². The van der Waals surface area contributed by atoms with Crippen LogP contribution < -0.4 is 10.3 Å². The Labute approximate surface area is 133 Å². The van der Waals surface area contributed by atoms with Crippen LogP contribution >= 0.6 is 15.9 Å². The highest BCUT2D eigenvalue weighted by Gasteiger charge is 2.21. The first-order valence-corrected chi connectivity index (χ1v) is 8.46. The molecule has 0 aromatic heterocycles. The summed E-state index contributed by atoms with van der Waals surface area (Å²) in [5, 5.41) is 0. The van der Waals surface area contributed by atoms with Crippen molar-refractivity contribution in [1.82, 2.24) is 0 Å². The first-order valence-electron chi connectivity index (χ1n) is 7.54. The molecule has 112 valence electrons. The van der Waals surface area contributed by atoms with E-state index in [1.807, 2.05) is 25.1 Å². The predicted octanol–water partition coefficient (Wildman–Crippen LogP) is 4.50. The third-order valence-corrected chi connectivity index (χ3v) is 4.67. The summed E-state index contributed by atoms with van der Waals surface area (Å²) in [5.74, 6) is 1.60. The lowest BCUT2D eigenvalue weighted by Crippen LogP contribution is -2.29. The monoisotopic (exact) mass is 349 g/mol. The second-order valence-corrected chi connectivity index (χ2v) is 7.17. The Balaban J connectivity index is 2.15. The summed E-state index contributed by atoms with van der Waals surface area (Å²) in [6.07, 6.45) is 3.70. The fourth-order valence-corrected chi connectivity index (χ4v) is 3.31. The van der Waals surface area contributed by atoms with Gasteiger partial charge in [0.25, 0.3) is 0 Å². The molecule has 1 unspecified atom stereocenters. The third kappa shape index (κ3) is 2.73. The van der Waals surface area contributed by atoms with E-state index >= 15 is 0 Å². The van der Waals surface area contributed by atoms with Gasteiger partial charge in [-0.3, -0.25) is 4.79 Å². The molecule has 1 aliphatic carbocycles. The van der Waals surface area contributed by atoms with Gasteiger partial charge in [0.15, 0.2) is 11.3 Å². The average molecular weight is 350 g/mol. The highest BCUT2D eigenvalue weighted by atomic mass is 79.9. The number of hydrogen-bond acceptors (Lipinski definition) is 3. The van der Waals surface area contributed by atoms with Gasteiger partial charge in [0.2, 0.25) is 0 Å². The minimum atomic E-state index is 0.0656. The molecule has 0 spiro atoms. The van der Waals surface area contributed by atoms with E-state index in [1.165, 1.54) is 19.3 Å². The lowest BCUT2D eigenvalue weighted by atomic mass is 9.99. The van der Waals surface area contributed by atoms with E-state index < -0.39 is 0 Å². The van der Waals surface area contributed by atoms with Crippen LogP contribution in [0.15, 0.2) is 27.4 Å². The topological polar surface area (TPSA) is 33.5 Å². The van der Waals surface area contributed by atoms with Crippen LogP contribution in [-0.2, 0) is 0 Å². The summed E-state index contributed by atoms with van der Waals surface area (Å²) in [7, 11) is 0. The largest absolute Gasteiger partial charge is 0.440 e. The smallest absolute Gasteiger partial charge is 0.196 e. The molecule has 0 aromatic rings. The van der Waals surface area contributed by atoms with Gasteiger partial charge in [-0.25, -0.2) is 0 Å². The van der Waals surface area contributed by atoms with Crippen molar-refractivity contribution in [2.75, 3.05) is 18.0 Å². The molecule has 0 bridgehead atoms. The van der Waals surface area contributed by atoms with E-state index in [0.29, 0.717) is 5.56 Å². The highest BCUT2D eigenvalue weighted by Crippen LogP contribution is 2.35. The number of rotatable bonds is 2. The number of nitrogens with zero attached hydrogens (tertiary/aromatic N) is 1. The maximum Gasteiger partial charge on any atom is 0.196 e. The van der Waals surface area contributed by atoms with Crippen molar-refractivity contribution in [2.24, 2.45) is 0 Å². The molecule has 0 saturated carbocycles. The third-order valence-electron chi connectivity index (χ3n) is 4.18. The standard InChI is InChI=1S/C17H20BrNO2/c1-11-10-14(12(2)18)17-13(16(11)20)6-7-15(21-17)19-8-4-3-5-9-19/h6-7,10,12H,3-5,8-9H2,1-2H3. The zero-order valence-corrected chi connectivity index (χ0v) is 14.1. The van der Waals surface area contributed by atoms with Gasteiger partial charge in [0.05, 0.1) is 5.56 Å². The van der Waals surface area contributed by atoms with Crippen molar-refractivity contribution >= 4 is 21.8 Å². The van der Waals surface area contributed by atoms with E-state index in [2.05, 4.69) is 27.8 Å². The van der Waals surface area contributed by atoms with Gasteiger partial charge in [0.1, 0.15) is 5.76 Å². The summed E-state index contributed by atoms with van der Waals surface area (Å²) in [6, 6.07) is 5.79. The van der Waals surface area contributed by atoms with Crippen molar-refractivity contribution in [3.8, 4) is 11.3 Å². The fourth-order valence-electron chi connectivity index (χ4n) is 2.97. The Morgan fingerprint density at radius 2 is 1.95 bits per heavy atom. The Bertz CT molecular complexity index is 671. The Kier molecular flexibility index (Phi) is 4.07. The summed E-state index contributed by atoms with van der Waals surface area (Å²) in [5.41, 5.74) is 2.55. The van der Waals surface area contributed by atoms with Crippen LogP contribution in [0.4, 0.5) is 5.88 Å². The number of anilines is 1. The molecule has 1 fully saturated rings.